The average molecular weight is 471 g/mol. The van der Waals surface area contributed by atoms with Crippen molar-refractivity contribution in [3.8, 4) is 17.4 Å². The van der Waals surface area contributed by atoms with E-state index in [0.29, 0.717) is 17.1 Å². The number of carbonyl (C=O) groups is 1. The molecule has 1 fully saturated rings. The highest BCUT2D eigenvalue weighted by atomic mass is 16.5. The molecule has 182 valence electrons. The number of hydrogen-bond acceptors (Lipinski definition) is 7. The van der Waals surface area contributed by atoms with Crippen molar-refractivity contribution in [1.82, 2.24) is 14.6 Å². The summed E-state index contributed by atoms with van der Waals surface area (Å²) in [5.74, 6) is 0.476. The molecule has 34 heavy (non-hydrogen) atoms. The lowest BCUT2D eigenvalue weighted by atomic mass is 9.94. The SMILES string of the molecule is CCC(=O)N1N=C(c2c(O)n(C3CCCCC3)c(=O)[nH]c2=O)C[C@@H]1c1cc(OC)ccc1OC. The van der Waals surface area contributed by atoms with Crippen molar-refractivity contribution in [3.63, 3.8) is 0 Å². The van der Waals surface area contributed by atoms with Crippen molar-refractivity contribution < 1.29 is 19.4 Å². The van der Waals surface area contributed by atoms with Gasteiger partial charge < -0.3 is 14.6 Å². The fourth-order valence-electron chi connectivity index (χ4n) is 4.87. The second-order valence-electron chi connectivity index (χ2n) is 8.59. The summed E-state index contributed by atoms with van der Waals surface area (Å²) in [5.41, 5.74) is -0.540. The number of carbonyl (C=O) groups excluding carboxylic acids is 1. The smallest absolute Gasteiger partial charge is 0.331 e. The minimum atomic E-state index is -0.726. The summed E-state index contributed by atoms with van der Waals surface area (Å²) < 4.78 is 12.1. The van der Waals surface area contributed by atoms with Crippen LogP contribution in [0.4, 0.5) is 0 Å². The molecule has 2 heterocycles. The minimum absolute atomic E-state index is 0.0801. The van der Waals surface area contributed by atoms with Crippen molar-refractivity contribution in [3.05, 3.63) is 50.2 Å². The quantitative estimate of drug-likeness (QED) is 0.669. The second-order valence-corrected chi connectivity index (χ2v) is 8.59. The fourth-order valence-corrected chi connectivity index (χ4v) is 4.87. The molecule has 1 atom stereocenters. The number of nitrogens with zero attached hydrogens (tertiary/aromatic N) is 3. The lowest BCUT2D eigenvalue weighted by Crippen LogP contribution is -2.36. The molecule has 1 aromatic heterocycles. The Bertz CT molecular complexity index is 1220. The molecule has 10 nitrogen and oxygen atoms in total. The first kappa shape index (κ1) is 23.6. The van der Waals surface area contributed by atoms with E-state index in [0.717, 1.165) is 32.1 Å². The van der Waals surface area contributed by atoms with Gasteiger partial charge in [-0.2, -0.15) is 5.10 Å². The standard InChI is InChI=1S/C24H30N4O6/c1-4-20(29)28-18(16-12-15(33-2)10-11-19(16)34-3)13-17(26-28)21-22(30)25-24(32)27(23(21)31)14-8-6-5-7-9-14/h10-12,14,18,31H,4-9,13H2,1-3H3,(H,25,30,32)/t18-/m1/s1. The Morgan fingerprint density at radius 1 is 1.18 bits per heavy atom. The maximum absolute atomic E-state index is 12.8. The summed E-state index contributed by atoms with van der Waals surface area (Å²) >= 11 is 0. The third-order valence-corrected chi connectivity index (χ3v) is 6.61. The highest BCUT2D eigenvalue weighted by Gasteiger charge is 2.37. The van der Waals surface area contributed by atoms with Crippen LogP contribution in [0.5, 0.6) is 17.4 Å². The van der Waals surface area contributed by atoms with Crippen LogP contribution < -0.4 is 20.7 Å². The van der Waals surface area contributed by atoms with Gasteiger partial charge in [-0.15, -0.1) is 0 Å². The van der Waals surface area contributed by atoms with Crippen molar-refractivity contribution >= 4 is 11.6 Å². The zero-order valence-corrected chi connectivity index (χ0v) is 19.7. The maximum atomic E-state index is 12.8. The molecule has 4 rings (SSSR count). The average Bonchev–Trinajstić information content (AvgIpc) is 3.28. The molecule has 0 saturated heterocycles. The lowest BCUT2D eigenvalue weighted by molar-refractivity contribution is -0.132. The van der Waals surface area contributed by atoms with Crippen LogP contribution in [0.25, 0.3) is 0 Å². The molecule has 1 aliphatic carbocycles. The Kier molecular flexibility index (Phi) is 6.76. The molecule has 0 bridgehead atoms. The number of rotatable bonds is 6. The summed E-state index contributed by atoms with van der Waals surface area (Å²) in [4.78, 5) is 40.6. The number of methoxy groups -OCH3 is 2. The van der Waals surface area contributed by atoms with Crippen molar-refractivity contribution in [2.75, 3.05) is 14.2 Å². The number of amides is 1. The summed E-state index contributed by atoms with van der Waals surface area (Å²) in [6.45, 7) is 1.73. The topological polar surface area (TPSA) is 126 Å². The van der Waals surface area contributed by atoms with Crippen molar-refractivity contribution in [1.29, 1.82) is 0 Å². The van der Waals surface area contributed by atoms with E-state index < -0.39 is 23.2 Å². The zero-order chi connectivity index (χ0) is 24.4. The Morgan fingerprint density at radius 3 is 2.56 bits per heavy atom. The third kappa shape index (κ3) is 4.20. The molecule has 1 aromatic carbocycles. The first-order chi connectivity index (χ1) is 16.4. The molecule has 0 unspecified atom stereocenters. The maximum Gasteiger partial charge on any atom is 0.331 e. The summed E-state index contributed by atoms with van der Waals surface area (Å²) in [7, 11) is 3.08. The molecule has 10 heteroatoms. The summed E-state index contributed by atoms with van der Waals surface area (Å²) in [6.07, 6.45) is 4.82. The number of aromatic amines is 1. The van der Waals surface area contributed by atoms with Crippen molar-refractivity contribution in [2.45, 2.75) is 64.0 Å². The lowest BCUT2D eigenvalue weighted by Gasteiger charge is -2.25. The van der Waals surface area contributed by atoms with Gasteiger partial charge in [0.1, 0.15) is 17.1 Å². The zero-order valence-electron chi connectivity index (χ0n) is 19.7. The number of aromatic nitrogens is 2. The number of benzene rings is 1. The first-order valence-corrected chi connectivity index (χ1v) is 11.6. The van der Waals surface area contributed by atoms with Crippen LogP contribution in [0.15, 0.2) is 32.9 Å². The Hall–Kier alpha value is -3.56. The van der Waals surface area contributed by atoms with Crippen LogP contribution in [0.3, 0.4) is 0 Å². The first-order valence-electron chi connectivity index (χ1n) is 11.6. The number of hydrogen-bond donors (Lipinski definition) is 2. The van der Waals surface area contributed by atoms with Crippen LogP contribution >= 0.6 is 0 Å². The van der Waals surface area contributed by atoms with E-state index >= 15 is 0 Å². The van der Waals surface area contributed by atoms with E-state index in [1.165, 1.54) is 16.7 Å². The fraction of sp³-hybridized carbons (Fsp3) is 0.500. The Labute approximate surface area is 196 Å². The molecule has 2 aromatic rings. The molecule has 0 radical (unpaired) electrons. The predicted octanol–water partition coefficient (Wildman–Crippen LogP) is 2.85. The second kappa shape index (κ2) is 9.74. The minimum Gasteiger partial charge on any atom is -0.497 e. The molecule has 1 aliphatic heterocycles. The molecular weight excluding hydrogens is 440 g/mol. The highest BCUT2D eigenvalue weighted by Crippen LogP contribution is 2.40. The Balaban J connectivity index is 1.81. The molecule has 1 saturated carbocycles. The van der Waals surface area contributed by atoms with E-state index in [9.17, 15) is 19.5 Å². The number of aromatic hydroxyl groups is 1. The predicted molar refractivity (Wildman–Crippen MR) is 126 cm³/mol. The summed E-state index contributed by atoms with van der Waals surface area (Å²) in [6, 6.07) is 4.50. The molecular formula is C24H30N4O6. The van der Waals surface area contributed by atoms with Gasteiger partial charge in [0, 0.05) is 24.4 Å². The van der Waals surface area contributed by atoms with E-state index in [1.54, 1.807) is 32.2 Å². The molecule has 0 spiro atoms. The largest absolute Gasteiger partial charge is 0.497 e. The van der Waals surface area contributed by atoms with Gasteiger partial charge in [-0.1, -0.05) is 26.2 Å². The number of ether oxygens (including phenoxy) is 2. The van der Waals surface area contributed by atoms with Gasteiger partial charge in [0.05, 0.1) is 26.0 Å². The normalized spacial score (nSPS) is 18.6. The monoisotopic (exact) mass is 470 g/mol. The van der Waals surface area contributed by atoms with Crippen LogP contribution in [-0.2, 0) is 4.79 Å². The number of hydrazone groups is 1. The third-order valence-electron chi connectivity index (χ3n) is 6.61. The molecule has 1 amide bonds. The number of nitrogens with one attached hydrogen (secondary N) is 1. The van der Waals surface area contributed by atoms with Gasteiger partial charge in [-0.3, -0.25) is 19.1 Å². The van der Waals surface area contributed by atoms with E-state index in [1.807, 2.05) is 0 Å². The van der Waals surface area contributed by atoms with Crippen molar-refractivity contribution in [2.24, 2.45) is 5.10 Å². The molecule has 2 aliphatic rings. The van der Waals surface area contributed by atoms with Gasteiger partial charge in [0.2, 0.25) is 11.8 Å². The van der Waals surface area contributed by atoms with Crippen LogP contribution in [0, 0.1) is 0 Å². The van der Waals surface area contributed by atoms with Gasteiger partial charge in [0.15, 0.2) is 0 Å². The van der Waals surface area contributed by atoms with Gasteiger partial charge in [0.25, 0.3) is 5.56 Å². The van der Waals surface area contributed by atoms with Gasteiger partial charge >= 0.3 is 5.69 Å². The molecule has 2 N–H and O–H groups in total. The van der Waals surface area contributed by atoms with Gasteiger partial charge in [-0.25, -0.2) is 9.80 Å². The van der Waals surface area contributed by atoms with E-state index in [-0.39, 0.29) is 36.1 Å². The van der Waals surface area contributed by atoms with Crippen LogP contribution in [0.2, 0.25) is 0 Å². The van der Waals surface area contributed by atoms with Crippen LogP contribution in [0.1, 0.15) is 75.1 Å². The number of H-pyrrole nitrogens is 1. The van der Waals surface area contributed by atoms with E-state index in [2.05, 4.69) is 10.1 Å². The Morgan fingerprint density at radius 2 is 1.91 bits per heavy atom. The van der Waals surface area contributed by atoms with Crippen LogP contribution in [-0.4, -0.2) is 45.5 Å². The summed E-state index contributed by atoms with van der Waals surface area (Å²) in [5, 5.41) is 16.9. The highest BCUT2D eigenvalue weighted by molar-refractivity contribution is 6.04. The van der Waals surface area contributed by atoms with Gasteiger partial charge in [-0.05, 0) is 31.0 Å². The van der Waals surface area contributed by atoms with E-state index in [4.69, 9.17) is 9.47 Å².